The lowest BCUT2D eigenvalue weighted by molar-refractivity contribution is -0.137. The van der Waals surface area contributed by atoms with Gasteiger partial charge in [-0.25, -0.2) is 0 Å². The van der Waals surface area contributed by atoms with E-state index >= 15 is 0 Å². The molecule has 2 aliphatic rings. The van der Waals surface area contributed by atoms with Gasteiger partial charge in [0, 0.05) is 44.3 Å². The molecule has 2 amide bonds. The van der Waals surface area contributed by atoms with E-state index in [2.05, 4.69) is 4.90 Å². The number of likely N-dealkylation sites (N-methyl/N-ethyl adjacent to an activating group) is 1. The second kappa shape index (κ2) is 7.97. The highest BCUT2D eigenvalue weighted by Crippen LogP contribution is 2.50. The maximum absolute atomic E-state index is 13.1. The molecule has 1 saturated heterocycles. The van der Waals surface area contributed by atoms with Crippen LogP contribution < -0.4 is 0 Å². The Bertz CT molecular complexity index is 663. The van der Waals surface area contributed by atoms with E-state index in [9.17, 15) is 9.59 Å². The molecule has 0 N–H and O–H groups in total. The molecule has 1 aliphatic carbocycles. The van der Waals surface area contributed by atoms with Gasteiger partial charge in [-0.15, -0.1) is 0 Å². The Morgan fingerprint density at radius 1 is 1.12 bits per heavy atom. The third-order valence-corrected chi connectivity index (χ3v) is 5.91. The number of halogens is 1. The van der Waals surface area contributed by atoms with Gasteiger partial charge in [-0.05, 0) is 44.4 Å². The largest absolute Gasteiger partial charge is 0.342 e. The van der Waals surface area contributed by atoms with Crippen LogP contribution in [0, 0.1) is 0 Å². The number of nitrogens with zero attached hydrogens (tertiary/aromatic N) is 3. The maximum Gasteiger partial charge on any atom is 0.236 e. The highest BCUT2D eigenvalue weighted by atomic mass is 35.5. The zero-order chi connectivity index (χ0) is 18.7. The minimum Gasteiger partial charge on any atom is -0.342 e. The van der Waals surface area contributed by atoms with Gasteiger partial charge < -0.3 is 9.80 Å². The Morgan fingerprint density at radius 3 is 2.31 bits per heavy atom. The van der Waals surface area contributed by atoms with Crippen LogP contribution in [0.3, 0.4) is 0 Å². The van der Waals surface area contributed by atoms with E-state index in [1.807, 2.05) is 47.9 Å². The van der Waals surface area contributed by atoms with Crippen LogP contribution in [0.4, 0.5) is 0 Å². The van der Waals surface area contributed by atoms with Gasteiger partial charge in [-0.3, -0.25) is 14.5 Å². The van der Waals surface area contributed by atoms with Crippen molar-refractivity contribution in [3.05, 3.63) is 34.9 Å². The molecule has 1 aliphatic heterocycles. The monoisotopic (exact) mass is 377 g/mol. The summed E-state index contributed by atoms with van der Waals surface area (Å²) < 4.78 is 0. The van der Waals surface area contributed by atoms with Crippen LogP contribution in [0.1, 0.15) is 32.3 Å². The number of hydrogen-bond donors (Lipinski definition) is 0. The van der Waals surface area contributed by atoms with Gasteiger partial charge in [0.1, 0.15) is 0 Å². The Labute approximate surface area is 160 Å². The number of piperazine rings is 1. The molecule has 0 bridgehead atoms. The quantitative estimate of drug-likeness (QED) is 0.764. The lowest BCUT2D eigenvalue weighted by Gasteiger charge is -2.37. The summed E-state index contributed by atoms with van der Waals surface area (Å²) in [5.74, 6) is 0.391. The second-order valence-electron chi connectivity index (χ2n) is 7.23. The Kier molecular flexibility index (Phi) is 5.88. The summed E-state index contributed by atoms with van der Waals surface area (Å²) in [6.07, 6.45) is 1.79. The van der Waals surface area contributed by atoms with Crippen LogP contribution in [-0.4, -0.2) is 72.3 Å². The highest BCUT2D eigenvalue weighted by molar-refractivity contribution is 6.30. The summed E-state index contributed by atoms with van der Waals surface area (Å²) in [5.41, 5.74) is 0.665. The molecular formula is C20H28ClN3O2. The smallest absolute Gasteiger partial charge is 0.236 e. The van der Waals surface area contributed by atoms with E-state index in [1.165, 1.54) is 0 Å². The fourth-order valence-electron chi connectivity index (χ4n) is 3.82. The summed E-state index contributed by atoms with van der Waals surface area (Å²) in [6, 6.07) is 7.69. The minimum atomic E-state index is -0.371. The van der Waals surface area contributed by atoms with E-state index in [0.29, 0.717) is 24.7 Å². The standard InChI is InChI=1S/C20H28ClN3O2/c1-3-23(4-2)18(25)15-22-10-12-24(13-11-22)19(26)20(8-9-20)16-6-5-7-17(21)14-16/h5-7,14H,3-4,8-13,15H2,1-2H3. The average Bonchev–Trinajstić information content (AvgIpc) is 3.45. The van der Waals surface area contributed by atoms with Crippen LogP contribution >= 0.6 is 11.6 Å². The van der Waals surface area contributed by atoms with Crippen molar-refractivity contribution in [2.24, 2.45) is 0 Å². The van der Waals surface area contributed by atoms with Crippen molar-refractivity contribution in [3.63, 3.8) is 0 Å². The lowest BCUT2D eigenvalue weighted by atomic mass is 9.94. The Balaban J connectivity index is 1.57. The van der Waals surface area contributed by atoms with E-state index in [4.69, 9.17) is 11.6 Å². The Morgan fingerprint density at radius 2 is 1.77 bits per heavy atom. The van der Waals surface area contributed by atoms with E-state index < -0.39 is 0 Å². The average molecular weight is 378 g/mol. The van der Waals surface area contributed by atoms with Crippen molar-refractivity contribution >= 4 is 23.4 Å². The van der Waals surface area contributed by atoms with Crippen LogP contribution in [0.25, 0.3) is 0 Å². The molecule has 1 aromatic carbocycles. The number of carbonyl (C=O) groups excluding carboxylic acids is 2. The topological polar surface area (TPSA) is 43.9 Å². The molecule has 0 unspecified atom stereocenters. The molecule has 1 saturated carbocycles. The molecule has 2 fully saturated rings. The molecule has 6 heteroatoms. The van der Waals surface area contributed by atoms with Gasteiger partial charge in [0.05, 0.1) is 12.0 Å². The lowest BCUT2D eigenvalue weighted by Crippen LogP contribution is -2.53. The summed E-state index contributed by atoms with van der Waals surface area (Å²) >= 11 is 6.12. The van der Waals surface area contributed by atoms with Crippen LogP contribution in [0.15, 0.2) is 24.3 Å². The van der Waals surface area contributed by atoms with Gasteiger partial charge in [0.15, 0.2) is 0 Å². The van der Waals surface area contributed by atoms with E-state index in [0.717, 1.165) is 44.6 Å². The zero-order valence-corrected chi connectivity index (χ0v) is 16.5. The molecule has 1 heterocycles. The highest BCUT2D eigenvalue weighted by Gasteiger charge is 2.53. The summed E-state index contributed by atoms with van der Waals surface area (Å²) in [6.45, 7) is 8.83. The summed E-state index contributed by atoms with van der Waals surface area (Å²) in [5, 5.41) is 0.682. The SMILES string of the molecule is CCN(CC)C(=O)CN1CCN(C(=O)C2(c3cccc(Cl)c3)CC2)CC1. The van der Waals surface area contributed by atoms with Crippen molar-refractivity contribution in [2.45, 2.75) is 32.1 Å². The first-order valence-electron chi connectivity index (χ1n) is 9.55. The van der Waals surface area contributed by atoms with Crippen molar-refractivity contribution in [3.8, 4) is 0 Å². The first-order valence-corrected chi connectivity index (χ1v) is 9.93. The molecule has 1 aromatic rings. The fraction of sp³-hybridized carbons (Fsp3) is 0.600. The number of rotatable bonds is 6. The molecular weight excluding hydrogens is 350 g/mol. The van der Waals surface area contributed by atoms with E-state index in [1.54, 1.807) is 0 Å². The summed E-state index contributed by atoms with van der Waals surface area (Å²) in [4.78, 5) is 31.4. The van der Waals surface area contributed by atoms with Crippen molar-refractivity contribution in [1.29, 1.82) is 0 Å². The van der Waals surface area contributed by atoms with Gasteiger partial charge in [0.25, 0.3) is 0 Å². The predicted molar refractivity (Wildman–Crippen MR) is 103 cm³/mol. The van der Waals surface area contributed by atoms with Crippen LogP contribution in [0.2, 0.25) is 5.02 Å². The van der Waals surface area contributed by atoms with Gasteiger partial charge in [0.2, 0.25) is 11.8 Å². The molecule has 3 rings (SSSR count). The van der Waals surface area contributed by atoms with Gasteiger partial charge >= 0.3 is 0 Å². The van der Waals surface area contributed by atoms with Crippen molar-refractivity contribution in [1.82, 2.24) is 14.7 Å². The second-order valence-corrected chi connectivity index (χ2v) is 7.66. The number of amides is 2. The number of benzene rings is 1. The third-order valence-electron chi connectivity index (χ3n) is 5.67. The molecule has 0 atom stereocenters. The van der Waals surface area contributed by atoms with Gasteiger partial charge in [-0.1, -0.05) is 23.7 Å². The fourth-order valence-corrected chi connectivity index (χ4v) is 4.01. The first kappa shape index (κ1) is 19.2. The summed E-state index contributed by atoms with van der Waals surface area (Å²) in [7, 11) is 0. The third kappa shape index (κ3) is 3.89. The molecule has 0 aromatic heterocycles. The maximum atomic E-state index is 13.1. The molecule has 0 radical (unpaired) electrons. The molecule has 5 nitrogen and oxygen atoms in total. The first-order chi connectivity index (χ1) is 12.5. The normalized spacial score (nSPS) is 19.3. The van der Waals surface area contributed by atoms with E-state index in [-0.39, 0.29) is 17.2 Å². The van der Waals surface area contributed by atoms with Crippen molar-refractivity contribution < 1.29 is 9.59 Å². The van der Waals surface area contributed by atoms with Crippen LogP contribution in [0.5, 0.6) is 0 Å². The predicted octanol–water partition coefficient (Wildman–Crippen LogP) is 2.38. The zero-order valence-electron chi connectivity index (χ0n) is 15.7. The van der Waals surface area contributed by atoms with Crippen molar-refractivity contribution in [2.75, 3.05) is 45.8 Å². The minimum absolute atomic E-state index is 0.173. The van der Waals surface area contributed by atoms with Gasteiger partial charge in [-0.2, -0.15) is 0 Å². The number of hydrogen-bond acceptors (Lipinski definition) is 3. The molecule has 26 heavy (non-hydrogen) atoms. The van der Waals surface area contributed by atoms with Crippen LogP contribution in [-0.2, 0) is 15.0 Å². The number of carbonyl (C=O) groups is 2. The molecule has 142 valence electrons. The molecule has 0 spiro atoms. The Hall–Kier alpha value is -1.59.